The first-order chi connectivity index (χ1) is 13.8. The normalized spacial score (nSPS) is 15.7. The number of fused-ring (bicyclic) bond motifs is 1. The van der Waals surface area contributed by atoms with Gasteiger partial charge in [0, 0.05) is 41.6 Å². The Labute approximate surface area is 176 Å². The summed E-state index contributed by atoms with van der Waals surface area (Å²) in [4.78, 5) is 18.5. The standard InChI is InChI=1S/C23H26ClN3O2/c1-23(2,3)29-22(28)26-12-9-16(10-13-26)20-15-27(18-6-4-17(24)5-7-18)21-14-25-11-8-19(20)21/h4-8,11,14-16H,9-10,12-13H2,1-3H3. The van der Waals surface area contributed by atoms with Crippen molar-refractivity contribution < 1.29 is 9.53 Å². The monoisotopic (exact) mass is 411 g/mol. The first kappa shape index (κ1) is 19.8. The molecule has 0 atom stereocenters. The van der Waals surface area contributed by atoms with Crippen LogP contribution in [0, 0.1) is 0 Å². The van der Waals surface area contributed by atoms with Crippen molar-refractivity contribution in [3.05, 3.63) is 59.5 Å². The number of carbonyl (C=O) groups excluding carboxylic acids is 1. The number of amides is 1. The fraction of sp³-hybridized carbons (Fsp3) is 0.391. The van der Waals surface area contributed by atoms with Gasteiger partial charge in [-0.05, 0) is 75.4 Å². The minimum Gasteiger partial charge on any atom is -0.444 e. The van der Waals surface area contributed by atoms with Gasteiger partial charge >= 0.3 is 6.09 Å². The van der Waals surface area contributed by atoms with Gasteiger partial charge < -0.3 is 14.2 Å². The van der Waals surface area contributed by atoms with Crippen molar-refractivity contribution in [2.75, 3.05) is 13.1 Å². The predicted molar refractivity (Wildman–Crippen MR) is 116 cm³/mol. The van der Waals surface area contributed by atoms with Gasteiger partial charge in [-0.15, -0.1) is 0 Å². The molecule has 5 nitrogen and oxygen atoms in total. The number of likely N-dealkylation sites (tertiary alicyclic amines) is 1. The quantitative estimate of drug-likeness (QED) is 0.535. The van der Waals surface area contributed by atoms with E-state index >= 15 is 0 Å². The third-order valence-electron chi connectivity index (χ3n) is 5.33. The molecule has 3 heterocycles. The molecule has 1 aliphatic heterocycles. The number of piperidine rings is 1. The topological polar surface area (TPSA) is 47.4 Å². The lowest BCUT2D eigenvalue weighted by Gasteiger charge is -2.33. The summed E-state index contributed by atoms with van der Waals surface area (Å²) in [6, 6.07) is 9.92. The van der Waals surface area contributed by atoms with E-state index in [1.54, 1.807) is 0 Å². The van der Waals surface area contributed by atoms with Crippen LogP contribution in [-0.2, 0) is 4.74 Å². The van der Waals surface area contributed by atoms with Crippen LogP contribution in [0.25, 0.3) is 16.6 Å². The minimum absolute atomic E-state index is 0.219. The van der Waals surface area contributed by atoms with Crippen molar-refractivity contribution in [1.29, 1.82) is 0 Å². The van der Waals surface area contributed by atoms with Gasteiger partial charge in [0.25, 0.3) is 0 Å². The number of carbonyl (C=O) groups is 1. The smallest absolute Gasteiger partial charge is 0.410 e. The van der Waals surface area contributed by atoms with Crippen LogP contribution >= 0.6 is 11.6 Å². The molecule has 0 radical (unpaired) electrons. The number of nitrogens with zero attached hydrogens (tertiary/aromatic N) is 3. The number of aromatic nitrogens is 2. The molecule has 0 saturated carbocycles. The number of halogens is 1. The molecular weight excluding hydrogens is 386 g/mol. The third-order valence-corrected chi connectivity index (χ3v) is 5.58. The van der Waals surface area contributed by atoms with Crippen molar-refractivity contribution in [2.45, 2.75) is 45.1 Å². The highest BCUT2D eigenvalue weighted by atomic mass is 35.5. The van der Waals surface area contributed by atoms with Crippen LogP contribution in [0.5, 0.6) is 0 Å². The summed E-state index contributed by atoms with van der Waals surface area (Å²) in [5.41, 5.74) is 2.98. The molecule has 6 heteroatoms. The molecule has 152 valence electrons. The second-order valence-corrected chi connectivity index (χ2v) is 9.00. The van der Waals surface area contributed by atoms with Crippen LogP contribution in [0.15, 0.2) is 48.9 Å². The maximum atomic E-state index is 12.4. The van der Waals surface area contributed by atoms with E-state index in [4.69, 9.17) is 16.3 Å². The molecule has 1 aliphatic rings. The summed E-state index contributed by atoms with van der Waals surface area (Å²) in [6.45, 7) is 7.11. The van der Waals surface area contributed by atoms with E-state index in [0.29, 0.717) is 19.0 Å². The second-order valence-electron chi connectivity index (χ2n) is 8.57. The van der Waals surface area contributed by atoms with Crippen molar-refractivity contribution in [3.63, 3.8) is 0 Å². The first-order valence-corrected chi connectivity index (χ1v) is 10.4. The van der Waals surface area contributed by atoms with Gasteiger partial charge in [-0.25, -0.2) is 4.79 Å². The highest BCUT2D eigenvalue weighted by Crippen LogP contribution is 2.35. The molecule has 0 unspecified atom stereocenters. The molecular formula is C23H26ClN3O2. The van der Waals surface area contributed by atoms with Gasteiger partial charge in [0.05, 0.1) is 11.7 Å². The van der Waals surface area contributed by atoms with E-state index in [-0.39, 0.29) is 6.09 Å². The lowest BCUT2D eigenvalue weighted by molar-refractivity contribution is 0.0205. The van der Waals surface area contributed by atoms with E-state index in [9.17, 15) is 4.79 Å². The number of hydrogen-bond acceptors (Lipinski definition) is 3. The van der Waals surface area contributed by atoms with E-state index in [1.807, 2.05) is 62.3 Å². The van der Waals surface area contributed by atoms with Crippen molar-refractivity contribution >= 4 is 28.6 Å². The van der Waals surface area contributed by atoms with Crippen LogP contribution in [0.2, 0.25) is 5.02 Å². The minimum atomic E-state index is -0.465. The molecule has 3 aromatic rings. The SMILES string of the molecule is CC(C)(C)OC(=O)N1CCC(c2cn(-c3ccc(Cl)cc3)c3cnccc23)CC1. The second kappa shape index (κ2) is 7.71. The molecule has 2 aromatic heterocycles. The Morgan fingerprint density at radius 2 is 1.83 bits per heavy atom. The molecule has 29 heavy (non-hydrogen) atoms. The van der Waals surface area contributed by atoms with Gasteiger partial charge in [-0.2, -0.15) is 0 Å². The third kappa shape index (κ3) is 4.25. The average Bonchev–Trinajstić information content (AvgIpc) is 3.07. The first-order valence-electron chi connectivity index (χ1n) is 10.0. The van der Waals surface area contributed by atoms with Crippen molar-refractivity contribution in [3.8, 4) is 5.69 Å². The molecule has 0 bridgehead atoms. The Kier molecular flexibility index (Phi) is 5.26. The molecule has 0 aliphatic carbocycles. The maximum Gasteiger partial charge on any atom is 0.410 e. The van der Waals surface area contributed by atoms with Crippen LogP contribution in [0.1, 0.15) is 45.1 Å². The molecule has 1 amide bonds. The fourth-order valence-corrected chi connectivity index (χ4v) is 4.07. The van der Waals surface area contributed by atoms with Gasteiger partial charge in [0.15, 0.2) is 0 Å². The zero-order valence-corrected chi connectivity index (χ0v) is 17.8. The van der Waals surface area contributed by atoms with Gasteiger partial charge in [-0.3, -0.25) is 4.98 Å². The zero-order valence-electron chi connectivity index (χ0n) is 17.1. The average molecular weight is 412 g/mol. The summed E-state index contributed by atoms with van der Waals surface area (Å²) < 4.78 is 7.70. The summed E-state index contributed by atoms with van der Waals surface area (Å²) in [6.07, 6.45) is 7.58. The van der Waals surface area contributed by atoms with E-state index in [1.165, 1.54) is 10.9 Å². The number of hydrogen-bond donors (Lipinski definition) is 0. The summed E-state index contributed by atoms with van der Waals surface area (Å²) in [7, 11) is 0. The van der Waals surface area contributed by atoms with Crippen LogP contribution in [-0.4, -0.2) is 39.2 Å². The summed E-state index contributed by atoms with van der Waals surface area (Å²) >= 11 is 6.06. The summed E-state index contributed by atoms with van der Waals surface area (Å²) in [5.74, 6) is 0.395. The lowest BCUT2D eigenvalue weighted by Crippen LogP contribution is -2.41. The Morgan fingerprint density at radius 3 is 2.48 bits per heavy atom. The van der Waals surface area contributed by atoms with E-state index in [2.05, 4.69) is 21.8 Å². The number of rotatable bonds is 2. The number of ether oxygens (including phenoxy) is 1. The largest absolute Gasteiger partial charge is 0.444 e. The van der Waals surface area contributed by atoms with Crippen molar-refractivity contribution in [1.82, 2.24) is 14.5 Å². The molecule has 0 spiro atoms. The fourth-order valence-electron chi connectivity index (χ4n) is 3.94. The Hall–Kier alpha value is -2.53. The molecule has 1 saturated heterocycles. The molecule has 1 fully saturated rings. The van der Waals surface area contributed by atoms with Crippen LogP contribution in [0.4, 0.5) is 4.79 Å². The Balaban J connectivity index is 1.58. The molecule has 1 aromatic carbocycles. The van der Waals surface area contributed by atoms with Gasteiger partial charge in [0.2, 0.25) is 0 Å². The molecule has 0 N–H and O–H groups in total. The molecule has 4 rings (SSSR count). The Morgan fingerprint density at radius 1 is 1.14 bits per heavy atom. The van der Waals surface area contributed by atoms with Gasteiger partial charge in [-0.1, -0.05) is 11.6 Å². The Bertz CT molecular complexity index is 1010. The van der Waals surface area contributed by atoms with Crippen LogP contribution in [0.3, 0.4) is 0 Å². The van der Waals surface area contributed by atoms with Crippen molar-refractivity contribution in [2.24, 2.45) is 0 Å². The number of benzene rings is 1. The summed E-state index contributed by atoms with van der Waals surface area (Å²) in [5, 5.41) is 1.93. The predicted octanol–water partition coefficient (Wildman–Crippen LogP) is 5.79. The van der Waals surface area contributed by atoms with E-state index < -0.39 is 5.60 Å². The van der Waals surface area contributed by atoms with Gasteiger partial charge in [0.1, 0.15) is 5.60 Å². The maximum absolute atomic E-state index is 12.4. The van der Waals surface area contributed by atoms with Crippen LogP contribution < -0.4 is 0 Å². The highest BCUT2D eigenvalue weighted by Gasteiger charge is 2.29. The van der Waals surface area contributed by atoms with E-state index in [0.717, 1.165) is 29.1 Å². The number of pyridine rings is 1. The highest BCUT2D eigenvalue weighted by molar-refractivity contribution is 6.30. The lowest BCUT2D eigenvalue weighted by atomic mass is 9.89. The zero-order chi connectivity index (χ0) is 20.6.